The molecular formula is C73H124O16P2. The predicted octanol–water partition coefficient (Wildman–Crippen LogP) is 19.4. The maximum atomic E-state index is 12.9. The largest absolute Gasteiger partial charge is 0.472 e. The molecule has 16 nitrogen and oxygen atoms in total. The molecule has 0 bridgehead atoms. The van der Waals surface area contributed by atoms with E-state index in [-0.39, 0.29) is 19.3 Å². The third kappa shape index (κ3) is 67.2. The third-order valence-corrected chi connectivity index (χ3v) is 16.0. The van der Waals surface area contributed by atoms with Crippen molar-refractivity contribution in [2.45, 2.75) is 283 Å². The van der Waals surface area contributed by atoms with Crippen LogP contribution in [-0.2, 0) is 55.8 Å². The molecule has 5 unspecified atom stereocenters. The SMILES string of the molecule is CCC/C=C\C/C=C\CCCCCCCC(=O)OC(COC(=O)CCCCCCC/C=C\C/C=C\C/C=C\C/C=C\CCCCC)COP(=O)(O)OCC(O)COP(=O)(O)OCC(O)COC(=O)CCCCCCC/C=C\C/C=C\C/C=C\C/C=C\CCCCC. The summed E-state index contributed by atoms with van der Waals surface area (Å²) in [4.78, 5) is 58.4. The summed E-state index contributed by atoms with van der Waals surface area (Å²) in [5.74, 6) is -1.63. The predicted molar refractivity (Wildman–Crippen MR) is 371 cm³/mol. The van der Waals surface area contributed by atoms with Crippen LogP contribution < -0.4 is 0 Å². The molecule has 0 saturated heterocycles. The maximum absolute atomic E-state index is 12.9. The lowest BCUT2D eigenvalue weighted by Crippen LogP contribution is -2.30. The average molecular weight is 1320 g/mol. The van der Waals surface area contributed by atoms with Gasteiger partial charge in [-0.2, -0.15) is 0 Å². The first kappa shape index (κ1) is 87.0. The van der Waals surface area contributed by atoms with Crippen molar-refractivity contribution in [2.75, 3.05) is 39.6 Å². The average Bonchev–Trinajstić information content (AvgIpc) is 3.08. The van der Waals surface area contributed by atoms with Crippen LogP contribution in [0.5, 0.6) is 0 Å². The summed E-state index contributed by atoms with van der Waals surface area (Å²) in [5.41, 5.74) is 0. The molecule has 18 heteroatoms. The molecule has 0 fully saturated rings. The van der Waals surface area contributed by atoms with Gasteiger partial charge in [0.25, 0.3) is 0 Å². The maximum Gasteiger partial charge on any atom is 0.472 e. The van der Waals surface area contributed by atoms with Crippen molar-refractivity contribution in [3.05, 3.63) is 122 Å². The second-order valence-corrected chi connectivity index (χ2v) is 25.9. The molecule has 522 valence electrons. The zero-order valence-corrected chi connectivity index (χ0v) is 58.3. The second-order valence-electron chi connectivity index (χ2n) is 23.0. The Morgan fingerprint density at radius 3 is 0.912 bits per heavy atom. The van der Waals surface area contributed by atoms with Crippen LogP contribution in [0.2, 0.25) is 0 Å². The van der Waals surface area contributed by atoms with Crippen LogP contribution in [0, 0.1) is 0 Å². The molecule has 0 aromatic carbocycles. The number of hydrogen-bond donors (Lipinski definition) is 4. The molecule has 4 N–H and O–H groups in total. The number of aliphatic hydroxyl groups excluding tert-OH is 2. The van der Waals surface area contributed by atoms with Gasteiger partial charge < -0.3 is 34.2 Å². The van der Waals surface area contributed by atoms with Gasteiger partial charge in [-0.1, -0.05) is 232 Å². The summed E-state index contributed by atoms with van der Waals surface area (Å²) < 4.78 is 60.8. The van der Waals surface area contributed by atoms with Crippen LogP contribution in [0.1, 0.15) is 265 Å². The molecule has 0 aromatic heterocycles. The molecule has 0 rings (SSSR count). The van der Waals surface area contributed by atoms with Crippen molar-refractivity contribution in [2.24, 2.45) is 0 Å². The van der Waals surface area contributed by atoms with E-state index in [9.17, 15) is 43.5 Å². The van der Waals surface area contributed by atoms with Gasteiger partial charge in [-0.05, 0) is 135 Å². The number of phosphoric acid groups is 2. The zero-order valence-electron chi connectivity index (χ0n) is 56.5. The van der Waals surface area contributed by atoms with Crippen molar-refractivity contribution >= 4 is 33.6 Å². The number of unbranched alkanes of at least 4 members (excludes halogenated alkanes) is 22. The third-order valence-electron chi connectivity index (χ3n) is 14.1. The van der Waals surface area contributed by atoms with Gasteiger partial charge in [0.2, 0.25) is 0 Å². The van der Waals surface area contributed by atoms with Gasteiger partial charge >= 0.3 is 33.6 Å². The first-order valence-electron chi connectivity index (χ1n) is 34.8. The van der Waals surface area contributed by atoms with E-state index in [2.05, 4.69) is 142 Å². The minimum atomic E-state index is -4.94. The summed E-state index contributed by atoms with van der Waals surface area (Å²) >= 11 is 0. The Hall–Kier alpha value is -4.05. The highest BCUT2D eigenvalue weighted by Gasteiger charge is 2.29. The number of allylic oxidation sites excluding steroid dienone is 20. The second kappa shape index (κ2) is 66.0. The van der Waals surface area contributed by atoms with Crippen molar-refractivity contribution in [1.82, 2.24) is 0 Å². The smallest absolute Gasteiger partial charge is 0.463 e. The number of aliphatic hydroxyl groups is 2. The Bertz CT molecular complexity index is 2140. The number of phosphoric ester groups is 2. The van der Waals surface area contributed by atoms with Crippen LogP contribution >= 0.6 is 15.6 Å². The van der Waals surface area contributed by atoms with Gasteiger partial charge in [0.1, 0.15) is 25.4 Å². The van der Waals surface area contributed by atoms with Crippen LogP contribution in [0.15, 0.2) is 122 Å². The standard InChI is InChI=1S/C73H124O16P2/c1-4-7-10-13-16-19-22-25-27-29-31-33-35-37-39-42-44-47-50-53-56-59-71(76)83-62-68(74)63-85-90(79,80)86-64-69(75)65-87-91(81,82)88-67-70(89-73(78)61-58-55-52-49-46-41-24-21-18-15-12-9-6-3)66-84-72(77)60-57-54-51-48-45-43-40-38-36-34-32-30-28-26-23-20-17-14-11-8-5-2/h12,15-17,19-21,24-28,31-34,37-40,68-70,74-75H,4-11,13-14,18,22-23,29-30,35-36,41-67H2,1-3H3,(H,79,80)(H,81,82)/b15-12-,19-16-,20-17-,24-21-,27-25-,28-26-,33-31-,34-32-,39-37-,40-38-. The number of rotatable bonds is 65. The topological polar surface area (TPSA) is 231 Å². The van der Waals surface area contributed by atoms with Gasteiger partial charge in [-0.3, -0.25) is 32.5 Å². The van der Waals surface area contributed by atoms with Crippen LogP contribution in [-0.4, -0.2) is 95.9 Å². The lowest BCUT2D eigenvalue weighted by atomic mass is 10.1. The normalized spacial score (nSPS) is 14.9. The quantitative estimate of drug-likeness (QED) is 0.0146. The Morgan fingerprint density at radius 2 is 0.571 bits per heavy atom. The highest BCUT2D eigenvalue weighted by Crippen LogP contribution is 2.45. The molecular weight excluding hydrogens is 1190 g/mol. The Balaban J connectivity index is 4.68. The molecule has 0 aromatic rings. The fourth-order valence-electron chi connectivity index (χ4n) is 8.75. The van der Waals surface area contributed by atoms with E-state index >= 15 is 0 Å². The molecule has 0 amide bonds. The van der Waals surface area contributed by atoms with E-state index in [0.717, 1.165) is 154 Å². The van der Waals surface area contributed by atoms with Crippen LogP contribution in [0.3, 0.4) is 0 Å². The van der Waals surface area contributed by atoms with Gasteiger partial charge in [-0.25, -0.2) is 9.13 Å². The Kier molecular flexibility index (Phi) is 63.1. The zero-order chi connectivity index (χ0) is 66.7. The molecule has 0 saturated carbocycles. The molecule has 0 heterocycles. The van der Waals surface area contributed by atoms with Crippen LogP contribution in [0.25, 0.3) is 0 Å². The van der Waals surface area contributed by atoms with Crippen molar-refractivity contribution in [3.8, 4) is 0 Å². The first-order valence-corrected chi connectivity index (χ1v) is 37.8. The highest BCUT2D eigenvalue weighted by atomic mass is 31.2. The first-order chi connectivity index (χ1) is 44.2. The van der Waals surface area contributed by atoms with Crippen molar-refractivity contribution in [1.29, 1.82) is 0 Å². The minimum Gasteiger partial charge on any atom is -0.463 e. The number of carbonyl (C=O) groups excluding carboxylic acids is 3. The summed E-state index contributed by atoms with van der Waals surface area (Å²) in [6.07, 6.45) is 75.3. The summed E-state index contributed by atoms with van der Waals surface area (Å²) in [7, 11) is -9.80. The fourth-order valence-corrected chi connectivity index (χ4v) is 10.3. The molecule has 0 aliphatic rings. The van der Waals surface area contributed by atoms with E-state index in [0.29, 0.717) is 19.3 Å². The molecule has 0 spiro atoms. The summed E-state index contributed by atoms with van der Waals surface area (Å²) in [6.45, 7) is 2.47. The van der Waals surface area contributed by atoms with E-state index in [4.69, 9.17) is 32.3 Å². The van der Waals surface area contributed by atoms with E-state index in [1.54, 1.807) is 0 Å². The monoisotopic (exact) mass is 1320 g/mol. The number of esters is 3. The number of ether oxygens (including phenoxy) is 3. The fraction of sp³-hybridized carbons (Fsp3) is 0.685. The van der Waals surface area contributed by atoms with E-state index < -0.39 is 91.5 Å². The minimum absolute atomic E-state index is 0.0802. The Morgan fingerprint density at radius 1 is 0.308 bits per heavy atom. The lowest BCUT2D eigenvalue weighted by Gasteiger charge is -2.21. The van der Waals surface area contributed by atoms with Crippen LogP contribution in [0.4, 0.5) is 0 Å². The molecule has 0 radical (unpaired) electrons. The Labute approximate surface area is 551 Å². The molecule has 0 aliphatic carbocycles. The van der Waals surface area contributed by atoms with Crippen molar-refractivity contribution < 1.29 is 75.8 Å². The summed E-state index contributed by atoms with van der Waals surface area (Å²) in [6, 6.07) is 0. The summed E-state index contributed by atoms with van der Waals surface area (Å²) in [5, 5.41) is 20.5. The number of hydrogen-bond acceptors (Lipinski definition) is 14. The highest BCUT2D eigenvalue weighted by molar-refractivity contribution is 7.47. The molecule has 91 heavy (non-hydrogen) atoms. The van der Waals surface area contributed by atoms with Crippen molar-refractivity contribution in [3.63, 3.8) is 0 Å². The molecule has 0 aliphatic heterocycles. The van der Waals surface area contributed by atoms with Gasteiger partial charge in [0, 0.05) is 19.3 Å². The van der Waals surface area contributed by atoms with Gasteiger partial charge in [-0.15, -0.1) is 0 Å². The van der Waals surface area contributed by atoms with E-state index in [1.807, 2.05) is 0 Å². The lowest BCUT2D eigenvalue weighted by molar-refractivity contribution is -0.161. The van der Waals surface area contributed by atoms with Gasteiger partial charge in [0.15, 0.2) is 6.10 Å². The number of carbonyl (C=O) groups is 3. The molecule has 5 atom stereocenters. The van der Waals surface area contributed by atoms with Gasteiger partial charge in [0.05, 0.1) is 26.4 Å². The van der Waals surface area contributed by atoms with E-state index in [1.165, 1.54) is 51.4 Å².